The molecular weight excluding hydrogens is 378 g/mol. The van der Waals surface area contributed by atoms with Crippen LogP contribution >= 0.6 is 0 Å². The van der Waals surface area contributed by atoms with Gasteiger partial charge in [-0.15, -0.1) is 0 Å². The van der Waals surface area contributed by atoms with Crippen LogP contribution in [-0.2, 0) is 9.59 Å². The number of amides is 2. The van der Waals surface area contributed by atoms with E-state index in [1.807, 2.05) is 38.1 Å². The van der Waals surface area contributed by atoms with Crippen LogP contribution in [0.4, 0.5) is 0 Å². The highest BCUT2D eigenvalue weighted by Gasteiger charge is 2.41. The van der Waals surface area contributed by atoms with Crippen molar-refractivity contribution in [3.63, 3.8) is 0 Å². The molecule has 6 heteroatoms. The zero-order chi connectivity index (χ0) is 21.7. The number of hydrogen-bond acceptors (Lipinski definition) is 5. The van der Waals surface area contributed by atoms with E-state index >= 15 is 0 Å². The number of unbranched alkanes of at least 4 members (excludes halogenated alkanes) is 2. The number of hydrogen-bond donors (Lipinski definition) is 0. The molecule has 0 atom stereocenters. The predicted octanol–water partition coefficient (Wildman–Crippen LogP) is 3.38. The fourth-order valence-corrected chi connectivity index (χ4v) is 4.10. The number of rotatable bonds is 9. The molecule has 0 saturated carbocycles. The molecule has 6 nitrogen and oxygen atoms in total. The summed E-state index contributed by atoms with van der Waals surface area (Å²) in [5.41, 5.74) is 1.90. The van der Waals surface area contributed by atoms with E-state index in [1.165, 1.54) is 4.90 Å². The van der Waals surface area contributed by atoms with Crippen molar-refractivity contribution in [3.8, 4) is 5.75 Å². The molecule has 0 spiro atoms. The summed E-state index contributed by atoms with van der Waals surface area (Å²) >= 11 is 0. The summed E-state index contributed by atoms with van der Waals surface area (Å²) in [6, 6.07) is 7.56. The summed E-state index contributed by atoms with van der Waals surface area (Å²) in [5.74, 6) is 0.462. The average Bonchev–Trinajstić information content (AvgIpc) is 2.99. The second-order valence-electron chi connectivity index (χ2n) is 8.30. The smallest absolute Gasteiger partial charge is 0.277 e. The second-order valence-corrected chi connectivity index (χ2v) is 8.30. The molecule has 1 fully saturated rings. The molecule has 164 valence electrons. The molecule has 0 unspecified atom stereocenters. The Labute approximate surface area is 180 Å². The summed E-state index contributed by atoms with van der Waals surface area (Å²) in [6.07, 6.45) is 3.00. The van der Waals surface area contributed by atoms with E-state index in [9.17, 15) is 9.59 Å². The van der Waals surface area contributed by atoms with Gasteiger partial charge in [-0.05, 0) is 44.5 Å². The lowest BCUT2D eigenvalue weighted by Gasteiger charge is -2.36. The summed E-state index contributed by atoms with van der Waals surface area (Å²) < 4.78 is 5.74. The van der Waals surface area contributed by atoms with Gasteiger partial charge in [0, 0.05) is 32.7 Å². The topological polar surface area (TPSA) is 53.1 Å². The second kappa shape index (κ2) is 10.1. The molecule has 0 bridgehead atoms. The molecule has 1 aromatic rings. The lowest BCUT2D eigenvalue weighted by molar-refractivity contribution is -0.137. The third-order valence-electron chi connectivity index (χ3n) is 5.78. The Kier molecular flexibility index (Phi) is 7.53. The zero-order valence-electron chi connectivity index (χ0n) is 18.8. The van der Waals surface area contributed by atoms with Crippen molar-refractivity contribution in [1.82, 2.24) is 14.7 Å². The van der Waals surface area contributed by atoms with Crippen molar-refractivity contribution < 1.29 is 14.3 Å². The number of benzene rings is 1. The lowest BCUT2D eigenvalue weighted by atomic mass is 10.0. The van der Waals surface area contributed by atoms with Crippen LogP contribution in [0.3, 0.4) is 0 Å². The van der Waals surface area contributed by atoms with Gasteiger partial charge in [0.05, 0.1) is 11.7 Å². The van der Waals surface area contributed by atoms with Crippen LogP contribution in [-0.4, -0.2) is 71.9 Å². The van der Waals surface area contributed by atoms with E-state index in [4.69, 9.17) is 4.74 Å². The van der Waals surface area contributed by atoms with Crippen LogP contribution in [0.2, 0.25) is 0 Å². The number of nitrogens with zero attached hydrogens (tertiary/aromatic N) is 3. The SMILES string of the molecule is CCCCCN1C(=O)C(c2ccc(OC(C)C)cc2)=C(N2CCN(CC)CC2)C1=O. The van der Waals surface area contributed by atoms with Crippen molar-refractivity contribution in [2.45, 2.75) is 53.1 Å². The van der Waals surface area contributed by atoms with Gasteiger partial charge in [-0.2, -0.15) is 0 Å². The molecule has 0 aromatic heterocycles. The van der Waals surface area contributed by atoms with Crippen molar-refractivity contribution in [1.29, 1.82) is 0 Å². The fraction of sp³-hybridized carbons (Fsp3) is 0.583. The van der Waals surface area contributed by atoms with Gasteiger partial charge in [0.1, 0.15) is 11.4 Å². The molecule has 0 N–H and O–H groups in total. The van der Waals surface area contributed by atoms with E-state index in [-0.39, 0.29) is 17.9 Å². The summed E-state index contributed by atoms with van der Waals surface area (Å²) in [6.45, 7) is 13.1. The van der Waals surface area contributed by atoms with Crippen LogP contribution in [0.5, 0.6) is 5.75 Å². The molecule has 2 amide bonds. The first-order chi connectivity index (χ1) is 14.5. The van der Waals surface area contributed by atoms with Gasteiger partial charge in [-0.3, -0.25) is 14.5 Å². The molecule has 2 aliphatic heterocycles. The number of likely N-dealkylation sites (N-methyl/N-ethyl adjacent to an activating group) is 1. The summed E-state index contributed by atoms with van der Waals surface area (Å²) in [5, 5.41) is 0. The molecule has 3 rings (SSSR count). The quantitative estimate of drug-likeness (QED) is 0.459. The standard InChI is InChI=1S/C24H35N3O3/c1-5-7-8-13-27-23(28)21(19-9-11-20(12-10-19)30-18(3)4)22(24(27)29)26-16-14-25(6-2)15-17-26/h9-12,18H,5-8,13-17H2,1-4H3. The molecule has 2 heterocycles. The molecule has 30 heavy (non-hydrogen) atoms. The van der Waals surface area contributed by atoms with Gasteiger partial charge < -0.3 is 14.5 Å². The maximum Gasteiger partial charge on any atom is 0.277 e. The molecule has 1 saturated heterocycles. The first kappa shape index (κ1) is 22.3. The monoisotopic (exact) mass is 413 g/mol. The van der Waals surface area contributed by atoms with Crippen LogP contribution in [0.15, 0.2) is 30.0 Å². The van der Waals surface area contributed by atoms with Crippen molar-refractivity contribution in [2.75, 3.05) is 39.3 Å². The maximum absolute atomic E-state index is 13.3. The largest absolute Gasteiger partial charge is 0.491 e. The summed E-state index contributed by atoms with van der Waals surface area (Å²) in [4.78, 5) is 32.6. The zero-order valence-corrected chi connectivity index (χ0v) is 18.8. The summed E-state index contributed by atoms with van der Waals surface area (Å²) in [7, 11) is 0. The Morgan fingerprint density at radius 3 is 2.17 bits per heavy atom. The Balaban J connectivity index is 1.91. The minimum atomic E-state index is -0.165. The van der Waals surface area contributed by atoms with Crippen molar-refractivity contribution >= 4 is 17.4 Å². The Morgan fingerprint density at radius 2 is 1.60 bits per heavy atom. The number of carbonyl (C=O) groups excluding carboxylic acids is 2. The van der Waals surface area contributed by atoms with Crippen molar-refractivity contribution in [3.05, 3.63) is 35.5 Å². The van der Waals surface area contributed by atoms with E-state index in [2.05, 4.69) is 23.6 Å². The first-order valence-electron chi connectivity index (χ1n) is 11.3. The highest BCUT2D eigenvalue weighted by atomic mass is 16.5. The highest BCUT2D eigenvalue weighted by Crippen LogP contribution is 2.33. The van der Waals surface area contributed by atoms with E-state index in [1.54, 1.807) is 0 Å². The van der Waals surface area contributed by atoms with E-state index in [0.717, 1.165) is 63.3 Å². The highest BCUT2D eigenvalue weighted by molar-refractivity contribution is 6.35. The molecule has 1 aromatic carbocycles. The normalized spacial score (nSPS) is 18.2. The number of carbonyl (C=O) groups is 2. The van der Waals surface area contributed by atoms with Gasteiger partial charge in [0.25, 0.3) is 11.8 Å². The average molecular weight is 414 g/mol. The van der Waals surface area contributed by atoms with Gasteiger partial charge in [-0.1, -0.05) is 38.8 Å². The third kappa shape index (κ3) is 4.86. The molecule has 0 aliphatic carbocycles. The predicted molar refractivity (Wildman–Crippen MR) is 119 cm³/mol. The maximum atomic E-state index is 13.3. The van der Waals surface area contributed by atoms with Gasteiger partial charge in [0.15, 0.2) is 0 Å². The fourth-order valence-electron chi connectivity index (χ4n) is 4.10. The van der Waals surface area contributed by atoms with Crippen LogP contribution in [0.25, 0.3) is 5.57 Å². The van der Waals surface area contributed by atoms with Crippen LogP contribution in [0, 0.1) is 0 Å². The Morgan fingerprint density at radius 1 is 0.933 bits per heavy atom. The van der Waals surface area contributed by atoms with Crippen LogP contribution in [0.1, 0.15) is 52.5 Å². The minimum Gasteiger partial charge on any atom is -0.491 e. The Bertz CT molecular complexity index is 777. The molecular formula is C24H35N3O3. The number of ether oxygens (including phenoxy) is 1. The first-order valence-corrected chi connectivity index (χ1v) is 11.3. The van der Waals surface area contributed by atoms with Crippen molar-refractivity contribution in [2.24, 2.45) is 0 Å². The number of piperazine rings is 1. The van der Waals surface area contributed by atoms with Gasteiger partial charge in [-0.25, -0.2) is 0 Å². The third-order valence-corrected chi connectivity index (χ3v) is 5.78. The minimum absolute atomic E-state index is 0.0873. The molecule has 0 radical (unpaired) electrons. The van der Waals surface area contributed by atoms with E-state index in [0.29, 0.717) is 17.8 Å². The van der Waals surface area contributed by atoms with Gasteiger partial charge in [0.2, 0.25) is 0 Å². The van der Waals surface area contributed by atoms with Crippen LogP contribution < -0.4 is 4.74 Å². The Hall–Kier alpha value is -2.34. The number of imide groups is 1. The van der Waals surface area contributed by atoms with Gasteiger partial charge >= 0.3 is 0 Å². The lowest BCUT2D eigenvalue weighted by Crippen LogP contribution is -2.47. The molecule has 2 aliphatic rings. The van der Waals surface area contributed by atoms with E-state index < -0.39 is 0 Å².